The lowest BCUT2D eigenvalue weighted by Crippen LogP contribution is -2.05. The summed E-state index contributed by atoms with van der Waals surface area (Å²) < 4.78 is 44.0. The molecule has 0 spiro atoms. The summed E-state index contributed by atoms with van der Waals surface area (Å²) in [6.45, 7) is 0.462. The molecule has 0 fully saturated rings. The van der Waals surface area contributed by atoms with E-state index in [-0.39, 0.29) is 10.7 Å². The maximum atomic E-state index is 12.8. The van der Waals surface area contributed by atoms with Crippen molar-refractivity contribution < 1.29 is 17.9 Å². The van der Waals surface area contributed by atoms with Crippen LogP contribution in [0.2, 0.25) is 5.02 Å². The van der Waals surface area contributed by atoms with Gasteiger partial charge in [-0.15, -0.1) is 0 Å². The van der Waals surface area contributed by atoms with Crippen molar-refractivity contribution in [2.24, 2.45) is 5.10 Å². The number of nitrogens with zero attached hydrogens (tertiary/aromatic N) is 1. The van der Waals surface area contributed by atoms with Gasteiger partial charge in [0.1, 0.15) is 12.4 Å². The zero-order chi connectivity index (χ0) is 20.0. The molecule has 3 rings (SSSR count). The predicted molar refractivity (Wildman–Crippen MR) is 105 cm³/mol. The Morgan fingerprint density at radius 1 is 0.964 bits per heavy atom. The van der Waals surface area contributed by atoms with Crippen LogP contribution in [0.1, 0.15) is 16.7 Å². The van der Waals surface area contributed by atoms with Crippen molar-refractivity contribution in [1.29, 1.82) is 0 Å². The van der Waals surface area contributed by atoms with Crippen LogP contribution in [0, 0.1) is 0 Å². The van der Waals surface area contributed by atoms with E-state index < -0.39 is 11.7 Å². The molecule has 28 heavy (non-hydrogen) atoms. The predicted octanol–water partition coefficient (Wildman–Crippen LogP) is 6.38. The molecule has 0 unspecified atom stereocenters. The number of halogens is 4. The van der Waals surface area contributed by atoms with E-state index in [1.54, 1.807) is 24.3 Å². The second-order valence-corrected chi connectivity index (χ2v) is 6.31. The normalized spacial score (nSPS) is 11.6. The van der Waals surface area contributed by atoms with E-state index >= 15 is 0 Å². The van der Waals surface area contributed by atoms with Crippen molar-refractivity contribution in [3.8, 4) is 5.75 Å². The number of benzene rings is 3. The molecule has 0 aliphatic carbocycles. The van der Waals surface area contributed by atoms with Gasteiger partial charge in [0.05, 0.1) is 22.5 Å². The van der Waals surface area contributed by atoms with Crippen molar-refractivity contribution in [3.63, 3.8) is 0 Å². The Morgan fingerprint density at radius 2 is 1.68 bits per heavy atom. The average Bonchev–Trinajstić information content (AvgIpc) is 2.69. The summed E-state index contributed by atoms with van der Waals surface area (Å²) in [5.74, 6) is 0.704. The third kappa shape index (κ3) is 5.50. The van der Waals surface area contributed by atoms with Gasteiger partial charge in [-0.25, -0.2) is 0 Å². The lowest BCUT2D eigenvalue weighted by Gasteiger charge is -2.09. The van der Waals surface area contributed by atoms with Gasteiger partial charge < -0.3 is 4.74 Å². The van der Waals surface area contributed by atoms with Crippen LogP contribution < -0.4 is 10.2 Å². The second kappa shape index (κ2) is 8.80. The van der Waals surface area contributed by atoms with Crippen LogP contribution in [-0.4, -0.2) is 6.21 Å². The molecular formula is C21H16ClF3N2O. The Kier molecular flexibility index (Phi) is 6.21. The second-order valence-electron chi connectivity index (χ2n) is 5.91. The number of hydrazone groups is 1. The highest BCUT2D eigenvalue weighted by Gasteiger charge is 2.30. The molecule has 0 aliphatic heterocycles. The van der Waals surface area contributed by atoms with E-state index in [9.17, 15) is 13.2 Å². The maximum absolute atomic E-state index is 12.8. The lowest BCUT2D eigenvalue weighted by atomic mass is 10.2. The molecule has 144 valence electrons. The first-order valence-corrected chi connectivity index (χ1v) is 8.72. The van der Waals surface area contributed by atoms with E-state index in [0.29, 0.717) is 12.4 Å². The summed E-state index contributed by atoms with van der Waals surface area (Å²) in [6.07, 6.45) is -2.96. The number of hydrogen-bond acceptors (Lipinski definition) is 3. The third-order valence-corrected chi connectivity index (χ3v) is 4.15. The fourth-order valence-electron chi connectivity index (χ4n) is 2.35. The fraction of sp³-hybridized carbons (Fsp3) is 0.0952. The van der Waals surface area contributed by atoms with Crippen LogP contribution >= 0.6 is 11.6 Å². The standard InChI is InChI=1S/C21H16ClF3N2O/c22-19-11-8-17(21(23,24)25)12-20(19)27-26-13-15-6-9-18(10-7-15)28-14-16-4-2-1-3-5-16/h1-13,27H,14H2/b26-13+. The lowest BCUT2D eigenvalue weighted by molar-refractivity contribution is -0.137. The number of hydrogen-bond donors (Lipinski definition) is 1. The molecule has 0 amide bonds. The number of anilines is 1. The van der Waals surface area contributed by atoms with E-state index in [2.05, 4.69) is 10.5 Å². The van der Waals surface area contributed by atoms with Gasteiger partial charge in [-0.1, -0.05) is 41.9 Å². The van der Waals surface area contributed by atoms with Crippen molar-refractivity contribution >= 4 is 23.5 Å². The van der Waals surface area contributed by atoms with Gasteiger partial charge in [0.15, 0.2) is 0 Å². The van der Waals surface area contributed by atoms with E-state index in [1.165, 1.54) is 12.3 Å². The highest BCUT2D eigenvalue weighted by Crippen LogP contribution is 2.33. The summed E-state index contributed by atoms with van der Waals surface area (Å²) in [7, 11) is 0. The smallest absolute Gasteiger partial charge is 0.416 e. The molecule has 0 radical (unpaired) electrons. The number of nitrogens with one attached hydrogen (secondary N) is 1. The molecule has 1 N–H and O–H groups in total. The molecular weight excluding hydrogens is 389 g/mol. The van der Waals surface area contributed by atoms with Crippen molar-refractivity contribution in [3.05, 3.63) is 94.5 Å². The Hall–Kier alpha value is -2.99. The average molecular weight is 405 g/mol. The SMILES string of the molecule is FC(F)(F)c1ccc(Cl)c(N/N=C/c2ccc(OCc3ccccc3)cc2)c1. The number of alkyl halides is 3. The van der Waals surface area contributed by atoms with Gasteiger partial charge in [0.25, 0.3) is 0 Å². The van der Waals surface area contributed by atoms with Crippen LogP contribution in [0.25, 0.3) is 0 Å². The monoisotopic (exact) mass is 404 g/mol. The number of ether oxygens (including phenoxy) is 1. The number of rotatable bonds is 6. The minimum absolute atomic E-state index is 0.0792. The van der Waals surface area contributed by atoms with Crippen LogP contribution in [0.3, 0.4) is 0 Å². The highest BCUT2D eigenvalue weighted by molar-refractivity contribution is 6.33. The van der Waals surface area contributed by atoms with E-state index in [1.807, 2.05) is 30.3 Å². The van der Waals surface area contributed by atoms with E-state index in [0.717, 1.165) is 23.3 Å². The maximum Gasteiger partial charge on any atom is 0.416 e. The third-order valence-electron chi connectivity index (χ3n) is 3.82. The topological polar surface area (TPSA) is 33.6 Å². The van der Waals surface area contributed by atoms with Crippen LogP contribution in [-0.2, 0) is 12.8 Å². The quantitative estimate of drug-likeness (QED) is 0.382. The molecule has 3 aromatic rings. The van der Waals surface area contributed by atoms with Gasteiger partial charge in [-0.3, -0.25) is 5.43 Å². The summed E-state index contributed by atoms with van der Waals surface area (Å²) >= 11 is 5.91. The Balaban J connectivity index is 1.59. The zero-order valence-electron chi connectivity index (χ0n) is 14.6. The first kappa shape index (κ1) is 19.8. The van der Waals surface area contributed by atoms with Gasteiger partial charge in [-0.2, -0.15) is 18.3 Å². The minimum Gasteiger partial charge on any atom is -0.489 e. The molecule has 0 aliphatic rings. The first-order chi connectivity index (χ1) is 13.4. The summed E-state index contributed by atoms with van der Waals surface area (Å²) in [6, 6.07) is 20.0. The van der Waals surface area contributed by atoms with Crippen molar-refractivity contribution in [1.82, 2.24) is 0 Å². The first-order valence-electron chi connectivity index (χ1n) is 8.34. The van der Waals surface area contributed by atoms with Gasteiger partial charge >= 0.3 is 6.18 Å². The van der Waals surface area contributed by atoms with Gasteiger partial charge in [0, 0.05) is 0 Å². The molecule has 0 saturated heterocycles. The minimum atomic E-state index is -4.44. The van der Waals surface area contributed by atoms with Crippen LogP contribution in [0.15, 0.2) is 77.9 Å². The Morgan fingerprint density at radius 3 is 2.36 bits per heavy atom. The zero-order valence-corrected chi connectivity index (χ0v) is 15.3. The molecule has 0 heterocycles. The summed E-state index contributed by atoms with van der Waals surface area (Å²) in [5, 5.41) is 4.10. The van der Waals surface area contributed by atoms with Crippen molar-refractivity contribution in [2.45, 2.75) is 12.8 Å². The Labute approximate surface area is 165 Å². The fourth-order valence-corrected chi connectivity index (χ4v) is 2.51. The highest BCUT2D eigenvalue weighted by atomic mass is 35.5. The largest absolute Gasteiger partial charge is 0.489 e. The summed E-state index contributed by atoms with van der Waals surface area (Å²) in [4.78, 5) is 0. The molecule has 0 aromatic heterocycles. The Bertz CT molecular complexity index is 942. The van der Waals surface area contributed by atoms with E-state index in [4.69, 9.17) is 16.3 Å². The molecule has 3 aromatic carbocycles. The molecule has 0 atom stereocenters. The summed E-state index contributed by atoms with van der Waals surface area (Å²) in [5.41, 5.74) is 3.64. The molecule has 0 bridgehead atoms. The molecule has 3 nitrogen and oxygen atoms in total. The molecule has 7 heteroatoms. The van der Waals surface area contributed by atoms with Crippen LogP contribution in [0.4, 0.5) is 18.9 Å². The van der Waals surface area contributed by atoms with Gasteiger partial charge in [-0.05, 0) is 53.6 Å². The van der Waals surface area contributed by atoms with Crippen LogP contribution in [0.5, 0.6) is 5.75 Å². The molecule has 0 saturated carbocycles. The van der Waals surface area contributed by atoms with Crippen molar-refractivity contribution in [2.75, 3.05) is 5.43 Å². The van der Waals surface area contributed by atoms with Gasteiger partial charge in [0.2, 0.25) is 0 Å².